The number of allylic oxidation sites excluding steroid dienone is 2. The Bertz CT molecular complexity index is 440. The summed E-state index contributed by atoms with van der Waals surface area (Å²) in [5.74, 6) is -0.271. The molecule has 0 aromatic rings. The number of carbonyl (C=O) groups is 1. The van der Waals surface area contributed by atoms with Gasteiger partial charge < -0.3 is 9.47 Å². The minimum absolute atomic E-state index is 0.268. The van der Waals surface area contributed by atoms with Gasteiger partial charge >= 0.3 is 5.97 Å². The molecule has 0 aromatic heterocycles. The summed E-state index contributed by atoms with van der Waals surface area (Å²) in [5, 5.41) is 0. The first-order chi connectivity index (χ1) is 11.4. The van der Waals surface area contributed by atoms with Gasteiger partial charge in [-0.3, -0.25) is 4.79 Å². The Morgan fingerprint density at radius 3 is 2.67 bits per heavy atom. The lowest BCUT2D eigenvalue weighted by atomic mass is 9.90. The molecule has 0 aromatic carbocycles. The molecule has 0 saturated carbocycles. The van der Waals surface area contributed by atoms with Crippen LogP contribution < -0.4 is 0 Å². The van der Waals surface area contributed by atoms with E-state index in [2.05, 4.69) is 26.7 Å². The van der Waals surface area contributed by atoms with Crippen LogP contribution in [0.25, 0.3) is 0 Å². The third-order valence-electron chi connectivity index (χ3n) is 4.81. The summed E-state index contributed by atoms with van der Waals surface area (Å²) in [7, 11) is 0. The van der Waals surface area contributed by atoms with Gasteiger partial charge in [0.05, 0.1) is 6.10 Å². The Hall–Kier alpha value is -1.35. The summed E-state index contributed by atoms with van der Waals surface area (Å²) in [6, 6.07) is 0. The SMILES string of the molecule is C=CCCCCCC[C@@H]1CC[C@@](C)([C@@H](CC(=C)C=C)OC(C)=O)O1. The quantitative estimate of drug-likeness (QED) is 0.204. The van der Waals surface area contributed by atoms with Crippen LogP contribution in [0.3, 0.4) is 0 Å². The van der Waals surface area contributed by atoms with Crippen LogP contribution in [0.15, 0.2) is 37.5 Å². The van der Waals surface area contributed by atoms with E-state index in [-0.39, 0.29) is 18.2 Å². The second kappa shape index (κ2) is 10.5. The fourth-order valence-electron chi connectivity index (χ4n) is 3.30. The fraction of sp³-hybridized carbons (Fsp3) is 0.667. The van der Waals surface area contributed by atoms with E-state index in [1.54, 1.807) is 6.08 Å². The number of hydrogen-bond acceptors (Lipinski definition) is 3. The first kappa shape index (κ1) is 20.7. The van der Waals surface area contributed by atoms with Crippen molar-refractivity contribution in [2.24, 2.45) is 0 Å². The molecule has 0 radical (unpaired) electrons. The van der Waals surface area contributed by atoms with Crippen LogP contribution >= 0.6 is 0 Å². The van der Waals surface area contributed by atoms with E-state index in [0.717, 1.165) is 31.3 Å². The van der Waals surface area contributed by atoms with Crippen molar-refractivity contribution in [3.8, 4) is 0 Å². The molecular weight excluding hydrogens is 300 g/mol. The molecule has 0 aliphatic carbocycles. The predicted molar refractivity (Wildman–Crippen MR) is 99.9 cm³/mol. The highest BCUT2D eigenvalue weighted by molar-refractivity contribution is 5.66. The topological polar surface area (TPSA) is 35.5 Å². The maximum Gasteiger partial charge on any atom is 0.303 e. The van der Waals surface area contributed by atoms with E-state index < -0.39 is 5.60 Å². The Morgan fingerprint density at radius 1 is 1.33 bits per heavy atom. The van der Waals surface area contributed by atoms with Gasteiger partial charge in [0.25, 0.3) is 0 Å². The van der Waals surface area contributed by atoms with Gasteiger partial charge in [-0.25, -0.2) is 0 Å². The second-order valence-corrected chi connectivity index (χ2v) is 7.04. The number of ether oxygens (including phenoxy) is 2. The van der Waals surface area contributed by atoms with Gasteiger partial charge in [-0.1, -0.05) is 50.1 Å². The normalized spacial score (nSPS) is 24.3. The molecule has 0 amide bonds. The monoisotopic (exact) mass is 334 g/mol. The third-order valence-corrected chi connectivity index (χ3v) is 4.81. The molecule has 3 nitrogen and oxygen atoms in total. The number of hydrogen-bond donors (Lipinski definition) is 0. The molecule has 0 spiro atoms. The zero-order valence-corrected chi connectivity index (χ0v) is 15.5. The molecule has 3 atom stereocenters. The van der Waals surface area contributed by atoms with Crippen LogP contribution in [-0.2, 0) is 14.3 Å². The molecule has 136 valence electrons. The first-order valence-corrected chi connectivity index (χ1v) is 9.17. The molecule has 0 N–H and O–H groups in total. The molecule has 1 fully saturated rings. The van der Waals surface area contributed by atoms with E-state index in [4.69, 9.17) is 9.47 Å². The van der Waals surface area contributed by atoms with Crippen molar-refractivity contribution in [1.82, 2.24) is 0 Å². The highest BCUT2D eigenvalue weighted by Crippen LogP contribution is 2.38. The average molecular weight is 335 g/mol. The van der Waals surface area contributed by atoms with Gasteiger partial charge in [0.1, 0.15) is 11.7 Å². The molecule has 24 heavy (non-hydrogen) atoms. The van der Waals surface area contributed by atoms with E-state index in [1.165, 1.54) is 32.6 Å². The fourth-order valence-corrected chi connectivity index (χ4v) is 3.30. The van der Waals surface area contributed by atoms with Crippen molar-refractivity contribution < 1.29 is 14.3 Å². The van der Waals surface area contributed by atoms with E-state index in [1.807, 2.05) is 6.08 Å². The van der Waals surface area contributed by atoms with Crippen LogP contribution in [0.1, 0.15) is 71.6 Å². The van der Waals surface area contributed by atoms with Crippen LogP contribution in [0.2, 0.25) is 0 Å². The highest BCUT2D eigenvalue weighted by Gasteiger charge is 2.44. The average Bonchev–Trinajstić information content (AvgIpc) is 2.92. The van der Waals surface area contributed by atoms with E-state index in [9.17, 15) is 4.79 Å². The number of carbonyl (C=O) groups excluding carboxylic acids is 1. The van der Waals surface area contributed by atoms with Crippen molar-refractivity contribution in [3.05, 3.63) is 37.5 Å². The summed E-state index contributed by atoms with van der Waals surface area (Å²) >= 11 is 0. The van der Waals surface area contributed by atoms with Crippen molar-refractivity contribution in [2.75, 3.05) is 0 Å². The maximum atomic E-state index is 11.5. The molecule has 0 unspecified atom stereocenters. The Morgan fingerprint density at radius 2 is 2.04 bits per heavy atom. The van der Waals surface area contributed by atoms with Gasteiger partial charge in [-0.2, -0.15) is 0 Å². The van der Waals surface area contributed by atoms with Gasteiger partial charge in [0.2, 0.25) is 0 Å². The summed E-state index contributed by atoms with van der Waals surface area (Å²) in [4.78, 5) is 11.5. The first-order valence-electron chi connectivity index (χ1n) is 9.17. The van der Waals surface area contributed by atoms with Crippen LogP contribution in [0.4, 0.5) is 0 Å². The van der Waals surface area contributed by atoms with Crippen molar-refractivity contribution in [3.63, 3.8) is 0 Å². The number of rotatable bonds is 12. The highest BCUT2D eigenvalue weighted by atomic mass is 16.6. The Balaban J connectivity index is 2.47. The van der Waals surface area contributed by atoms with E-state index >= 15 is 0 Å². The summed E-state index contributed by atoms with van der Waals surface area (Å²) in [6.45, 7) is 15.0. The van der Waals surface area contributed by atoms with Crippen LogP contribution in [0.5, 0.6) is 0 Å². The van der Waals surface area contributed by atoms with Crippen molar-refractivity contribution >= 4 is 5.97 Å². The third kappa shape index (κ3) is 7.04. The zero-order chi connectivity index (χ0) is 18.0. The molecule has 1 heterocycles. The Labute approximate surface area is 147 Å². The summed E-state index contributed by atoms with van der Waals surface area (Å²) < 4.78 is 11.9. The lowest BCUT2D eigenvalue weighted by Gasteiger charge is -2.33. The molecule has 1 rings (SSSR count). The van der Waals surface area contributed by atoms with Crippen LogP contribution in [0, 0.1) is 0 Å². The lowest BCUT2D eigenvalue weighted by molar-refractivity contribution is -0.167. The lowest BCUT2D eigenvalue weighted by Crippen LogP contribution is -2.42. The second-order valence-electron chi connectivity index (χ2n) is 7.04. The maximum absolute atomic E-state index is 11.5. The molecule has 1 aliphatic heterocycles. The van der Waals surface area contributed by atoms with E-state index in [0.29, 0.717) is 6.42 Å². The molecule has 0 bridgehead atoms. The van der Waals surface area contributed by atoms with Gasteiger partial charge in [0.15, 0.2) is 0 Å². The van der Waals surface area contributed by atoms with Crippen LogP contribution in [-0.4, -0.2) is 23.8 Å². The van der Waals surface area contributed by atoms with Gasteiger partial charge in [-0.15, -0.1) is 6.58 Å². The molecule has 1 saturated heterocycles. The van der Waals surface area contributed by atoms with Crippen molar-refractivity contribution in [2.45, 2.75) is 89.4 Å². The molecule has 3 heteroatoms. The molecular formula is C21H34O3. The van der Waals surface area contributed by atoms with Gasteiger partial charge in [-0.05, 0) is 39.0 Å². The number of unbranched alkanes of at least 4 members (excludes halogenated alkanes) is 4. The minimum Gasteiger partial charge on any atom is -0.459 e. The molecule has 1 aliphatic rings. The summed E-state index contributed by atoms with van der Waals surface area (Å²) in [6.07, 6.45) is 13.3. The smallest absolute Gasteiger partial charge is 0.303 e. The van der Waals surface area contributed by atoms with Crippen molar-refractivity contribution in [1.29, 1.82) is 0 Å². The zero-order valence-electron chi connectivity index (χ0n) is 15.5. The van der Waals surface area contributed by atoms with Gasteiger partial charge in [0, 0.05) is 13.3 Å². The largest absolute Gasteiger partial charge is 0.459 e. The predicted octanol–water partition coefficient (Wildman–Crippen LogP) is 5.51. The minimum atomic E-state index is -0.425. The number of esters is 1. The standard InChI is InChI=1S/C21H34O3/c1-6-8-9-10-11-12-13-19-14-15-21(5,24-19)20(23-18(4)22)16-17(3)7-2/h6-7,19-20H,1-3,8-16H2,4-5H3/t19-,20-,21+/m1/s1. The Kier molecular flexibility index (Phi) is 9.05. The summed E-state index contributed by atoms with van der Waals surface area (Å²) in [5.41, 5.74) is 0.447.